The van der Waals surface area contributed by atoms with Crippen LogP contribution in [-0.2, 0) is 0 Å². The molecule has 0 N–H and O–H groups in total. The predicted molar refractivity (Wildman–Crippen MR) is 77.5 cm³/mol. The second-order valence-corrected chi connectivity index (χ2v) is 6.42. The van der Waals surface area contributed by atoms with E-state index < -0.39 is 0 Å². The highest BCUT2D eigenvalue weighted by Crippen LogP contribution is 2.39. The van der Waals surface area contributed by atoms with Crippen molar-refractivity contribution in [2.24, 2.45) is 0 Å². The van der Waals surface area contributed by atoms with E-state index in [1.54, 1.807) is 0 Å². The second-order valence-electron chi connectivity index (χ2n) is 5.60. The van der Waals surface area contributed by atoms with Crippen molar-refractivity contribution in [3.05, 3.63) is 16.5 Å². The lowest BCUT2D eigenvalue weighted by Gasteiger charge is -2.31. The summed E-state index contributed by atoms with van der Waals surface area (Å²) in [6, 6.07) is 2.39. The van der Waals surface area contributed by atoms with Crippen molar-refractivity contribution in [2.75, 3.05) is 20.2 Å². The first-order chi connectivity index (χ1) is 9.22. The van der Waals surface area contributed by atoms with Gasteiger partial charge in [-0.15, -0.1) is 0 Å². The number of hydrogen-bond donors (Lipinski definition) is 0. The molecule has 1 atom stereocenters. The third-order valence-electron chi connectivity index (χ3n) is 3.98. The molecule has 1 aromatic rings. The number of nitrogens with zero attached hydrogens (tertiary/aromatic N) is 3. The van der Waals surface area contributed by atoms with E-state index in [4.69, 9.17) is 4.74 Å². The molecule has 1 saturated carbocycles. The van der Waals surface area contributed by atoms with E-state index in [9.17, 15) is 0 Å². The number of likely N-dealkylation sites (tertiary alicyclic amines) is 1. The van der Waals surface area contributed by atoms with Gasteiger partial charge in [-0.3, -0.25) is 0 Å². The van der Waals surface area contributed by atoms with Crippen molar-refractivity contribution in [1.29, 1.82) is 0 Å². The fourth-order valence-corrected chi connectivity index (χ4v) is 2.93. The summed E-state index contributed by atoms with van der Waals surface area (Å²) in [5.41, 5.74) is 0. The minimum atomic E-state index is 0.520. The van der Waals surface area contributed by atoms with E-state index in [0.29, 0.717) is 17.8 Å². The lowest BCUT2D eigenvalue weighted by molar-refractivity contribution is 0.122. The lowest BCUT2D eigenvalue weighted by Crippen LogP contribution is -2.40. The number of likely N-dealkylation sites (N-methyl/N-ethyl adjacent to an activating group) is 1. The molecular weight excluding hydrogens is 306 g/mol. The highest BCUT2D eigenvalue weighted by atomic mass is 79.9. The topological polar surface area (TPSA) is 38.2 Å². The van der Waals surface area contributed by atoms with Crippen LogP contribution in [0.25, 0.3) is 0 Å². The Morgan fingerprint density at radius 2 is 2.16 bits per heavy atom. The van der Waals surface area contributed by atoms with E-state index in [0.717, 1.165) is 17.0 Å². The van der Waals surface area contributed by atoms with Crippen molar-refractivity contribution >= 4 is 15.9 Å². The Hall–Kier alpha value is -0.680. The molecule has 3 rings (SSSR count). The molecule has 1 unspecified atom stereocenters. The molecule has 2 aliphatic rings. The monoisotopic (exact) mass is 325 g/mol. The van der Waals surface area contributed by atoms with E-state index in [1.165, 1.54) is 38.6 Å². The quantitative estimate of drug-likeness (QED) is 0.798. The molecule has 104 valence electrons. The summed E-state index contributed by atoms with van der Waals surface area (Å²) in [5, 5.41) is 0. The molecule has 1 aliphatic heterocycles. The van der Waals surface area contributed by atoms with Crippen LogP contribution in [0.4, 0.5) is 0 Å². The smallest absolute Gasteiger partial charge is 0.217 e. The molecule has 1 aliphatic carbocycles. The molecule has 4 nitrogen and oxygen atoms in total. The number of rotatable bonds is 4. The summed E-state index contributed by atoms with van der Waals surface area (Å²) in [6.07, 6.45) is 6.25. The van der Waals surface area contributed by atoms with Crippen molar-refractivity contribution in [1.82, 2.24) is 14.9 Å². The Bertz CT molecular complexity index is 450. The van der Waals surface area contributed by atoms with Crippen LogP contribution < -0.4 is 4.74 Å². The van der Waals surface area contributed by atoms with Gasteiger partial charge in [-0.25, -0.2) is 4.98 Å². The molecule has 0 aromatic carbocycles. The molecule has 2 fully saturated rings. The van der Waals surface area contributed by atoms with Crippen molar-refractivity contribution in [3.63, 3.8) is 0 Å². The van der Waals surface area contributed by atoms with Gasteiger partial charge in [0.25, 0.3) is 0 Å². The normalized spacial score (nSPS) is 24.4. The molecule has 1 aromatic heterocycles. The second kappa shape index (κ2) is 5.75. The van der Waals surface area contributed by atoms with Gasteiger partial charge in [-0.2, -0.15) is 4.98 Å². The maximum atomic E-state index is 5.89. The average Bonchev–Trinajstić information content (AvgIpc) is 3.21. The highest BCUT2D eigenvalue weighted by molar-refractivity contribution is 9.10. The van der Waals surface area contributed by atoms with Gasteiger partial charge in [0.05, 0.1) is 0 Å². The Morgan fingerprint density at radius 1 is 1.32 bits per heavy atom. The summed E-state index contributed by atoms with van der Waals surface area (Å²) < 4.78 is 6.72. The molecular formula is C14H20BrN3O. The molecule has 0 bridgehead atoms. The number of ether oxygens (including phenoxy) is 1. The Morgan fingerprint density at radius 3 is 2.89 bits per heavy atom. The SMILES string of the molecule is CN1CCCCC1COc1cc(Br)nc(C2CC2)n1. The zero-order valence-electron chi connectivity index (χ0n) is 11.3. The first kappa shape index (κ1) is 13.3. The fourth-order valence-electron chi connectivity index (χ4n) is 2.55. The standard InChI is InChI=1S/C14H20BrN3O/c1-18-7-3-2-4-11(18)9-19-13-8-12(15)16-14(17-13)10-5-6-10/h8,10-11H,2-7,9H2,1H3. The Balaban J connectivity index is 1.62. The van der Waals surface area contributed by atoms with Crippen molar-refractivity contribution in [2.45, 2.75) is 44.1 Å². The Labute approximate surface area is 122 Å². The average molecular weight is 326 g/mol. The summed E-state index contributed by atoms with van der Waals surface area (Å²) >= 11 is 3.45. The molecule has 5 heteroatoms. The molecule has 0 radical (unpaired) electrons. The maximum absolute atomic E-state index is 5.89. The van der Waals surface area contributed by atoms with E-state index in [-0.39, 0.29) is 0 Å². The van der Waals surface area contributed by atoms with Gasteiger partial charge in [0.15, 0.2) is 0 Å². The van der Waals surface area contributed by atoms with Gasteiger partial charge < -0.3 is 9.64 Å². The van der Waals surface area contributed by atoms with Crippen LogP contribution in [0.2, 0.25) is 0 Å². The molecule has 0 spiro atoms. The van der Waals surface area contributed by atoms with Crippen LogP contribution in [0.1, 0.15) is 43.8 Å². The van der Waals surface area contributed by atoms with Gasteiger partial charge in [0.1, 0.15) is 17.0 Å². The Kier molecular flexibility index (Phi) is 4.03. The molecule has 0 amide bonds. The van der Waals surface area contributed by atoms with Crippen molar-refractivity contribution in [3.8, 4) is 5.88 Å². The van der Waals surface area contributed by atoms with E-state index >= 15 is 0 Å². The minimum absolute atomic E-state index is 0.520. The van der Waals surface area contributed by atoms with E-state index in [2.05, 4.69) is 37.8 Å². The predicted octanol–water partition coefficient (Wildman–Crippen LogP) is 2.98. The summed E-state index contributed by atoms with van der Waals surface area (Å²) in [7, 11) is 2.18. The zero-order chi connectivity index (χ0) is 13.2. The number of hydrogen-bond acceptors (Lipinski definition) is 4. The zero-order valence-corrected chi connectivity index (χ0v) is 12.9. The van der Waals surface area contributed by atoms with Gasteiger partial charge in [0.2, 0.25) is 5.88 Å². The van der Waals surface area contributed by atoms with Crippen molar-refractivity contribution < 1.29 is 4.74 Å². The first-order valence-electron chi connectivity index (χ1n) is 7.10. The van der Waals surface area contributed by atoms with Crippen LogP contribution >= 0.6 is 15.9 Å². The maximum Gasteiger partial charge on any atom is 0.217 e. The third-order valence-corrected chi connectivity index (χ3v) is 4.38. The summed E-state index contributed by atoms with van der Waals surface area (Å²) in [6.45, 7) is 1.90. The van der Waals surface area contributed by atoms with Crippen LogP contribution in [0.3, 0.4) is 0 Å². The summed E-state index contributed by atoms with van der Waals surface area (Å²) in [5.74, 6) is 2.20. The third kappa shape index (κ3) is 3.45. The highest BCUT2D eigenvalue weighted by Gasteiger charge is 2.27. The lowest BCUT2D eigenvalue weighted by atomic mass is 10.0. The van der Waals surface area contributed by atoms with Gasteiger partial charge >= 0.3 is 0 Å². The number of aromatic nitrogens is 2. The fraction of sp³-hybridized carbons (Fsp3) is 0.714. The van der Waals surface area contributed by atoms with E-state index in [1.807, 2.05) is 6.07 Å². The number of halogens is 1. The van der Waals surface area contributed by atoms with Crippen LogP contribution in [0.15, 0.2) is 10.7 Å². The van der Waals surface area contributed by atoms with Crippen LogP contribution in [0, 0.1) is 0 Å². The van der Waals surface area contributed by atoms with Gasteiger partial charge in [0, 0.05) is 18.0 Å². The van der Waals surface area contributed by atoms with Crippen LogP contribution in [-0.4, -0.2) is 41.1 Å². The first-order valence-corrected chi connectivity index (χ1v) is 7.89. The van der Waals surface area contributed by atoms with Crippen LogP contribution in [0.5, 0.6) is 5.88 Å². The molecule has 19 heavy (non-hydrogen) atoms. The largest absolute Gasteiger partial charge is 0.476 e. The van der Waals surface area contributed by atoms with Gasteiger partial charge in [-0.1, -0.05) is 6.42 Å². The number of piperidine rings is 1. The minimum Gasteiger partial charge on any atom is -0.476 e. The molecule has 1 saturated heterocycles. The molecule has 2 heterocycles. The summed E-state index contributed by atoms with van der Waals surface area (Å²) in [4.78, 5) is 11.3. The van der Waals surface area contributed by atoms with Gasteiger partial charge in [-0.05, 0) is 55.2 Å².